The van der Waals surface area contributed by atoms with Gasteiger partial charge in [-0.05, 0) is 108 Å². The summed E-state index contributed by atoms with van der Waals surface area (Å²) in [5.74, 6) is -7.45. The minimum Gasteiger partial charge on any atom is -0.481 e. The number of carboxylic acids is 4. The molecule has 416 valence electrons. The normalized spacial score (nSPS) is 15.1. The lowest BCUT2D eigenvalue weighted by molar-refractivity contribution is -0.146. The van der Waals surface area contributed by atoms with E-state index in [4.69, 9.17) is 10.2 Å². The molecule has 1 fully saturated rings. The van der Waals surface area contributed by atoms with E-state index in [0.29, 0.717) is 51.6 Å². The third-order valence-electron chi connectivity index (χ3n) is 12.4. The fourth-order valence-electron chi connectivity index (χ4n) is 7.79. The summed E-state index contributed by atoms with van der Waals surface area (Å²) < 4.78 is 0. The van der Waals surface area contributed by atoms with Crippen LogP contribution in [0.2, 0.25) is 0 Å². The molecular formula is C51H94N2O12S6. The van der Waals surface area contributed by atoms with Crippen molar-refractivity contribution in [2.45, 2.75) is 193 Å². The molecule has 0 unspecified atom stereocenters. The van der Waals surface area contributed by atoms with E-state index in [0.717, 1.165) is 51.4 Å². The molecule has 1 aliphatic carbocycles. The maximum absolute atomic E-state index is 13.1. The van der Waals surface area contributed by atoms with Crippen molar-refractivity contribution in [3.63, 3.8) is 0 Å². The highest BCUT2D eigenvalue weighted by atomic mass is 33.1. The van der Waals surface area contributed by atoms with Crippen LogP contribution < -0.4 is 10.6 Å². The van der Waals surface area contributed by atoms with E-state index in [1.165, 1.54) is 51.4 Å². The van der Waals surface area contributed by atoms with Crippen LogP contribution in [-0.2, 0) is 38.4 Å². The monoisotopic (exact) mass is 1120 g/mol. The maximum atomic E-state index is 13.1. The van der Waals surface area contributed by atoms with Gasteiger partial charge in [-0.3, -0.25) is 38.4 Å². The first-order valence-electron chi connectivity index (χ1n) is 25.6. The molecule has 0 aliphatic heterocycles. The number of nitrogens with one attached hydrogen (secondary N) is 2. The molecule has 1 aliphatic rings. The first-order valence-corrected chi connectivity index (χ1v) is 34.5. The summed E-state index contributed by atoms with van der Waals surface area (Å²) in [5.41, 5.74) is 0. The summed E-state index contributed by atoms with van der Waals surface area (Å²) in [5, 5.41) is 42.7. The number of carbonyl (C=O) groups excluding carboxylic acids is 4. The molecule has 0 saturated heterocycles. The molecule has 0 radical (unpaired) electrons. The Morgan fingerprint density at radius 1 is 0.451 bits per heavy atom. The highest BCUT2D eigenvalue weighted by Crippen LogP contribution is 2.31. The lowest BCUT2D eigenvalue weighted by Crippen LogP contribution is -2.33. The maximum Gasteiger partial charge on any atom is 0.306 e. The molecule has 6 N–H and O–H groups in total. The van der Waals surface area contributed by atoms with Gasteiger partial charge in [-0.15, -0.1) is 0 Å². The zero-order valence-electron chi connectivity index (χ0n) is 44.3. The quantitative estimate of drug-likeness (QED) is 0.0246. The highest BCUT2D eigenvalue weighted by Gasteiger charge is 2.31. The second kappa shape index (κ2) is 53.1. The van der Waals surface area contributed by atoms with Gasteiger partial charge in [0, 0.05) is 57.5 Å². The van der Waals surface area contributed by atoms with Crippen molar-refractivity contribution in [3.05, 3.63) is 0 Å². The van der Waals surface area contributed by atoms with Crippen LogP contribution in [0.3, 0.4) is 0 Å². The predicted octanol–water partition coefficient (Wildman–Crippen LogP) is 13.0. The second-order valence-corrected chi connectivity index (χ2v) is 26.0. The van der Waals surface area contributed by atoms with Crippen LogP contribution in [0, 0.1) is 29.6 Å². The van der Waals surface area contributed by atoms with Crippen LogP contribution in [-0.4, -0.2) is 118 Å². The summed E-state index contributed by atoms with van der Waals surface area (Å²) in [6, 6.07) is 0. The lowest BCUT2D eigenvalue weighted by Gasteiger charge is -2.28. The molecule has 0 aromatic heterocycles. The van der Waals surface area contributed by atoms with Gasteiger partial charge in [0.15, 0.2) is 0 Å². The average molecular weight is 1120 g/mol. The van der Waals surface area contributed by atoms with Crippen molar-refractivity contribution in [2.24, 2.45) is 29.6 Å². The SMILES string of the molecule is CSSC.CSSC.CSSC.C[C@@H](CCCCNC(=O)CC[C@H](CC(=O)CC[C@H](CC(=O)C1CCC(CNC(=O)CCCCCCCCCCCCCCCCC(=O)O)CC1)C(=O)O)C(=O)O)C(=O)O. The summed E-state index contributed by atoms with van der Waals surface area (Å²) >= 11 is 0. The fourth-order valence-corrected chi connectivity index (χ4v) is 7.79. The molecule has 0 aromatic carbocycles. The number of amides is 2. The third-order valence-corrected chi connectivity index (χ3v) is 16.4. The Morgan fingerprint density at radius 2 is 0.859 bits per heavy atom. The molecule has 2 amide bonds. The van der Waals surface area contributed by atoms with Gasteiger partial charge in [-0.25, -0.2) is 0 Å². The summed E-state index contributed by atoms with van der Waals surface area (Å²) in [6.45, 7) is 2.52. The van der Waals surface area contributed by atoms with Crippen molar-refractivity contribution in [2.75, 3.05) is 50.6 Å². The molecule has 14 nitrogen and oxygen atoms in total. The largest absolute Gasteiger partial charge is 0.481 e. The lowest BCUT2D eigenvalue weighted by atomic mass is 9.78. The second-order valence-electron chi connectivity index (χ2n) is 18.0. The first-order chi connectivity index (χ1) is 33.9. The van der Waals surface area contributed by atoms with Crippen molar-refractivity contribution in [1.82, 2.24) is 10.6 Å². The van der Waals surface area contributed by atoms with E-state index in [1.807, 2.05) is 0 Å². The summed E-state index contributed by atoms with van der Waals surface area (Å²) in [4.78, 5) is 95.5. The number of aliphatic carboxylic acids is 4. The van der Waals surface area contributed by atoms with Gasteiger partial charge in [0.1, 0.15) is 11.6 Å². The van der Waals surface area contributed by atoms with E-state index in [9.17, 15) is 48.6 Å². The number of carboxylic acid groups (broad SMARTS) is 4. The number of hydrogen-bond acceptors (Lipinski definition) is 14. The smallest absolute Gasteiger partial charge is 0.306 e. The van der Waals surface area contributed by atoms with E-state index >= 15 is 0 Å². The number of ketones is 2. The van der Waals surface area contributed by atoms with E-state index in [2.05, 4.69) is 48.2 Å². The van der Waals surface area contributed by atoms with Crippen molar-refractivity contribution in [1.29, 1.82) is 0 Å². The van der Waals surface area contributed by atoms with Gasteiger partial charge >= 0.3 is 23.9 Å². The molecule has 0 heterocycles. The average Bonchev–Trinajstić information content (AvgIpc) is 3.35. The van der Waals surface area contributed by atoms with Crippen molar-refractivity contribution < 1.29 is 58.8 Å². The molecule has 20 heteroatoms. The van der Waals surface area contributed by atoms with Gasteiger partial charge in [-0.2, -0.15) is 0 Å². The molecule has 1 saturated carbocycles. The van der Waals surface area contributed by atoms with Gasteiger partial charge in [0.25, 0.3) is 0 Å². The van der Waals surface area contributed by atoms with Crippen LogP contribution in [0.4, 0.5) is 0 Å². The van der Waals surface area contributed by atoms with E-state index in [-0.39, 0.29) is 74.4 Å². The standard InChI is InChI=1S/C45H76N2O12.3C2H6S2/c1-33(43(54)55)18-16-17-29-46-41(51)28-26-36(44(56)57)30-38(48)27-25-37(45(58)59)31-39(49)35-23-21-34(22-24-35)32-47-40(50)19-14-12-10-8-6-4-2-3-5-7-9-11-13-15-20-42(52)53;3*1-3-4-2/h33-37H,2-32H2,1H3,(H,46,51)(H,47,50)(H,52,53)(H,54,55)(H,56,57)(H,58,59);3*1-2H3/t33-,34?,35?,36+,37+;;;/m0.../s1. The van der Waals surface area contributed by atoms with Crippen LogP contribution in [0.25, 0.3) is 0 Å². The van der Waals surface area contributed by atoms with E-state index < -0.39 is 47.4 Å². The third kappa shape index (κ3) is 50.2. The van der Waals surface area contributed by atoms with Gasteiger partial charge in [-0.1, -0.05) is 155 Å². The Morgan fingerprint density at radius 3 is 1.28 bits per heavy atom. The molecule has 71 heavy (non-hydrogen) atoms. The zero-order valence-corrected chi connectivity index (χ0v) is 49.2. The number of hydrogen-bond donors (Lipinski definition) is 6. The minimum atomic E-state index is -1.22. The molecular weight excluding hydrogens is 1020 g/mol. The van der Waals surface area contributed by atoms with Gasteiger partial charge in [0.2, 0.25) is 11.8 Å². The molecule has 1 rings (SSSR count). The Labute approximate surface area is 452 Å². The Hall–Kier alpha value is -1.74. The summed E-state index contributed by atoms with van der Waals surface area (Å²) in [7, 11) is 10.6. The Kier molecular flexibility index (Phi) is 55.0. The zero-order chi connectivity index (χ0) is 54.1. The molecule has 0 aromatic rings. The van der Waals surface area contributed by atoms with Crippen molar-refractivity contribution in [3.8, 4) is 0 Å². The van der Waals surface area contributed by atoms with Crippen LogP contribution >= 0.6 is 64.8 Å². The highest BCUT2D eigenvalue weighted by molar-refractivity contribution is 8.76. The van der Waals surface area contributed by atoms with Gasteiger partial charge < -0.3 is 31.1 Å². The van der Waals surface area contributed by atoms with Crippen LogP contribution in [0.5, 0.6) is 0 Å². The fraction of sp³-hybridized carbons (Fsp3) is 0.843. The van der Waals surface area contributed by atoms with E-state index in [1.54, 1.807) is 71.7 Å². The predicted molar refractivity (Wildman–Crippen MR) is 305 cm³/mol. The number of unbranched alkanes of at least 4 members (excludes halogenated alkanes) is 14. The Balaban J connectivity index is -0.00000343. The topological polar surface area (TPSA) is 242 Å². The minimum absolute atomic E-state index is 0.0529. The van der Waals surface area contributed by atoms with Gasteiger partial charge in [0.05, 0.1) is 17.8 Å². The number of carbonyl (C=O) groups is 8. The van der Waals surface area contributed by atoms with Crippen LogP contribution in [0.15, 0.2) is 0 Å². The molecule has 3 atom stereocenters. The number of rotatable bonds is 41. The first kappa shape index (κ1) is 73.5. The van der Waals surface area contributed by atoms with Crippen molar-refractivity contribution >= 4 is 112 Å². The molecule has 0 spiro atoms. The molecule has 0 bridgehead atoms. The summed E-state index contributed by atoms with van der Waals surface area (Å²) in [6.07, 6.45) is 32.5. The number of Topliss-reactive ketones (excluding diaryl/α,β-unsaturated/α-hetero) is 2. The Bertz CT molecular complexity index is 1390. The van der Waals surface area contributed by atoms with Crippen LogP contribution in [0.1, 0.15) is 193 Å².